The van der Waals surface area contributed by atoms with Gasteiger partial charge in [0.15, 0.2) is 0 Å². The van der Waals surface area contributed by atoms with Crippen molar-refractivity contribution in [2.75, 3.05) is 31.1 Å². The average molecular weight is 660 g/mol. The monoisotopic (exact) mass is 659 g/mol. The Bertz CT molecular complexity index is 1730. The summed E-state index contributed by atoms with van der Waals surface area (Å²) in [5, 5.41) is 0. The van der Waals surface area contributed by atoms with Gasteiger partial charge in [-0.1, -0.05) is 44.2 Å². The minimum Gasteiger partial charge on any atom is -0.444 e. The largest absolute Gasteiger partial charge is 0.444 e. The number of hydrogen-bond donors (Lipinski definition) is 0. The summed E-state index contributed by atoms with van der Waals surface area (Å²) in [6, 6.07) is 12.1. The second-order valence-electron chi connectivity index (χ2n) is 14.9. The van der Waals surface area contributed by atoms with Gasteiger partial charge in [-0.2, -0.15) is 0 Å². The minimum atomic E-state index is -0.753. The summed E-state index contributed by atoms with van der Waals surface area (Å²) in [5.74, 6) is -1.63. The van der Waals surface area contributed by atoms with Gasteiger partial charge in [0.25, 0.3) is 0 Å². The van der Waals surface area contributed by atoms with Crippen LogP contribution in [0.2, 0.25) is 0 Å². The third kappa shape index (κ3) is 6.78. The van der Waals surface area contributed by atoms with Crippen LogP contribution in [0.3, 0.4) is 0 Å². The van der Waals surface area contributed by atoms with E-state index in [0.29, 0.717) is 43.1 Å². The molecule has 2 aromatic carbocycles. The molecule has 0 aliphatic carbocycles. The van der Waals surface area contributed by atoms with E-state index in [-0.39, 0.29) is 37.4 Å². The van der Waals surface area contributed by atoms with Gasteiger partial charge in [-0.3, -0.25) is 19.5 Å². The van der Waals surface area contributed by atoms with Gasteiger partial charge in [-0.05, 0) is 56.5 Å². The molecule has 0 N–H and O–H groups in total. The molecule has 3 aliphatic heterocycles. The number of nitrogens with zero attached hydrogens (tertiary/aromatic N) is 5. The summed E-state index contributed by atoms with van der Waals surface area (Å²) in [4.78, 5) is 53.3. The van der Waals surface area contributed by atoms with Crippen LogP contribution in [0.1, 0.15) is 69.5 Å². The number of pyridine rings is 1. The van der Waals surface area contributed by atoms with Gasteiger partial charge in [0.1, 0.15) is 23.3 Å². The van der Waals surface area contributed by atoms with Crippen LogP contribution in [0, 0.1) is 11.6 Å². The maximum Gasteiger partial charge on any atom is 0.410 e. The normalized spacial score (nSPS) is 20.5. The summed E-state index contributed by atoms with van der Waals surface area (Å²) in [6.07, 6.45) is 1.38. The van der Waals surface area contributed by atoms with E-state index in [1.807, 2.05) is 49.9 Å². The molecule has 1 fully saturated rings. The molecule has 4 heterocycles. The van der Waals surface area contributed by atoms with Crippen LogP contribution < -0.4 is 4.90 Å². The summed E-state index contributed by atoms with van der Waals surface area (Å²) >= 11 is 0. The van der Waals surface area contributed by atoms with Crippen LogP contribution >= 0.6 is 0 Å². The summed E-state index contributed by atoms with van der Waals surface area (Å²) < 4.78 is 33.7. The van der Waals surface area contributed by atoms with Crippen molar-refractivity contribution in [2.24, 2.45) is 0 Å². The lowest BCUT2D eigenvalue weighted by molar-refractivity contribution is -0.141. The van der Waals surface area contributed by atoms with E-state index in [2.05, 4.69) is 4.98 Å². The fourth-order valence-electron chi connectivity index (χ4n) is 6.97. The average Bonchev–Trinajstić information content (AvgIpc) is 3.56. The van der Waals surface area contributed by atoms with Crippen molar-refractivity contribution in [3.8, 4) is 0 Å². The zero-order chi connectivity index (χ0) is 34.5. The fraction of sp³-hybridized carbons (Fsp3) is 0.459. The van der Waals surface area contributed by atoms with E-state index < -0.39 is 34.8 Å². The van der Waals surface area contributed by atoms with Gasteiger partial charge >= 0.3 is 6.09 Å². The number of piperazine rings is 1. The molecular weight excluding hydrogens is 616 g/mol. The number of halogens is 2. The molecule has 11 heteroatoms. The van der Waals surface area contributed by atoms with Crippen LogP contribution in [-0.4, -0.2) is 81.5 Å². The molecule has 3 aliphatic rings. The third-order valence-corrected chi connectivity index (χ3v) is 9.44. The topological polar surface area (TPSA) is 86.3 Å². The Morgan fingerprint density at radius 2 is 1.69 bits per heavy atom. The van der Waals surface area contributed by atoms with Crippen LogP contribution in [-0.2, 0) is 39.3 Å². The summed E-state index contributed by atoms with van der Waals surface area (Å²) in [6.45, 7) is 13.1. The van der Waals surface area contributed by atoms with E-state index in [9.17, 15) is 23.2 Å². The van der Waals surface area contributed by atoms with E-state index in [1.54, 1.807) is 47.7 Å². The van der Waals surface area contributed by atoms with E-state index in [1.165, 1.54) is 12.1 Å². The number of aromatic nitrogens is 1. The van der Waals surface area contributed by atoms with Crippen LogP contribution in [0.5, 0.6) is 0 Å². The molecule has 1 aromatic heterocycles. The number of fused-ring (bicyclic) bond motifs is 2. The van der Waals surface area contributed by atoms with Gasteiger partial charge in [0.2, 0.25) is 11.8 Å². The number of carbonyl (C=O) groups is 3. The Kier molecular flexibility index (Phi) is 8.78. The predicted molar refractivity (Wildman–Crippen MR) is 177 cm³/mol. The first-order valence-corrected chi connectivity index (χ1v) is 16.4. The summed E-state index contributed by atoms with van der Waals surface area (Å²) in [5.41, 5.74) is 3.52. The highest BCUT2D eigenvalue weighted by atomic mass is 19.1. The number of carbonyl (C=O) groups excluding carboxylic acids is 3. The molecule has 6 rings (SSSR count). The van der Waals surface area contributed by atoms with Gasteiger partial charge in [-0.15, -0.1) is 0 Å². The second kappa shape index (κ2) is 12.6. The molecule has 254 valence electrons. The molecule has 1 saturated heterocycles. The molecular formula is C37H43F2N5O4. The van der Waals surface area contributed by atoms with Gasteiger partial charge in [0, 0.05) is 74.1 Å². The molecule has 0 bridgehead atoms. The quantitative estimate of drug-likeness (QED) is 0.364. The highest BCUT2D eigenvalue weighted by Gasteiger charge is 2.45. The second-order valence-corrected chi connectivity index (χ2v) is 14.9. The van der Waals surface area contributed by atoms with Crippen LogP contribution in [0.25, 0.3) is 0 Å². The lowest BCUT2D eigenvalue weighted by Crippen LogP contribution is -2.64. The molecule has 0 radical (unpaired) electrons. The number of amides is 3. The van der Waals surface area contributed by atoms with E-state index in [0.717, 1.165) is 22.8 Å². The molecule has 0 saturated carbocycles. The predicted octanol–water partition coefficient (Wildman–Crippen LogP) is 5.43. The molecule has 3 amide bonds. The molecule has 0 unspecified atom stereocenters. The maximum absolute atomic E-state index is 14.5. The standard InChI is InChI=1S/C37H43F2N5O4/c1-23-17-41(32(20-43(23)35(47)48-36(2,3)4)34(46)42-18-25-9-7-8-10-26(25)19-42)21-33(45)44-22-37(5,6)29-16-40-28(15-31(29)44)13-24-11-12-27(38)14-30(24)39/h7-12,14-16,23,32H,13,17-22H2,1-6H3/t23-,32+/m1/s1. The van der Waals surface area contributed by atoms with Crippen LogP contribution in [0.4, 0.5) is 19.3 Å². The highest BCUT2D eigenvalue weighted by molar-refractivity contribution is 5.98. The third-order valence-electron chi connectivity index (χ3n) is 9.44. The number of anilines is 1. The van der Waals surface area contributed by atoms with Crippen molar-refractivity contribution < 1.29 is 27.9 Å². The highest BCUT2D eigenvalue weighted by Crippen LogP contribution is 2.41. The molecule has 48 heavy (non-hydrogen) atoms. The first-order valence-electron chi connectivity index (χ1n) is 16.4. The first kappa shape index (κ1) is 33.5. The van der Waals surface area contributed by atoms with Gasteiger partial charge in [0.05, 0.1) is 12.2 Å². The Morgan fingerprint density at radius 1 is 1.00 bits per heavy atom. The Balaban J connectivity index is 1.25. The number of hydrogen-bond acceptors (Lipinski definition) is 6. The Morgan fingerprint density at radius 3 is 2.33 bits per heavy atom. The Labute approximate surface area is 280 Å². The smallest absolute Gasteiger partial charge is 0.410 e. The molecule has 2 atom stereocenters. The zero-order valence-corrected chi connectivity index (χ0v) is 28.4. The first-order chi connectivity index (χ1) is 22.6. The van der Waals surface area contributed by atoms with E-state index in [4.69, 9.17) is 4.74 Å². The minimum absolute atomic E-state index is 0.0382. The van der Waals surface area contributed by atoms with Gasteiger partial charge in [-0.25, -0.2) is 13.6 Å². The summed E-state index contributed by atoms with van der Waals surface area (Å²) in [7, 11) is 0. The lowest BCUT2D eigenvalue weighted by atomic mass is 9.88. The van der Waals surface area contributed by atoms with Gasteiger partial charge < -0.3 is 19.4 Å². The van der Waals surface area contributed by atoms with Crippen LogP contribution in [0.15, 0.2) is 54.7 Å². The number of benzene rings is 2. The number of ether oxygens (including phenoxy) is 1. The van der Waals surface area contributed by atoms with Crippen molar-refractivity contribution in [1.29, 1.82) is 0 Å². The maximum atomic E-state index is 14.5. The van der Waals surface area contributed by atoms with Crippen molar-refractivity contribution >= 4 is 23.6 Å². The fourth-order valence-corrected chi connectivity index (χ4v) is 6.97. The molecule has 3 aromatic rings. The van der Waals surface area contributed by atoms with E-state index >= 15 is 0 Å². The SMILES string of the molecule is C[C@@H]1CN(CC(=O)N2CC(C)(C)c3cnc(Cc4ccc(F)cc4F)cc32)[C@H](C(=O)N2Cc3ccccc3C2)CN1C(=O)OC(C)(C)C. The zero-order valence-electron chi connectivity index (χ0n) is 28.4. The molecule has 0 spiro atoms. The number of rotatable bonds is 5. The van der Waals surface area contributed by atoms with Crippen molar-refractivity contribution in [2.45, 2.75) is 84.2 Å². The lowest BCUT2D eigenvalue weighted by Gasteiger charge is -2.45. The Hall–Kier alpha value is -4.38. The van der Waals surface area contributed by atoms with Crippen molar-refractivity contribution in [3.05, 3.63) is 94.3 Å². The van der Waals surface area contributed by atoms with Crippen molar-refractivity contribution in [3.63, 3.8) is 0 Å². The van der Waals surface area contributed by atoms with Crippen molar-refractivity contribution in [1.82, 2.24) is 19.7 Å². The molecule has 9 nitrogen and oxygen atoms in total.